The minimum atomic E-state index is 1.19. The van der Waals surface area contributed by atoms with E-state index in [9.17, 15) is 0 Å². The van der Waals surface area contributed by atoms with Crippen molar-refractivity contribution in [2.75, 3.05) is 0 Å². The van der Waals surface area contributed by atoms with Gasteiger partial charge in [-0.3, -0.25) is 0 Å². The summed E-state index contributed by atoms with van der Waals surface area (Å²) in [7, 11) is 0. The third kappa shape index (κ3) is 16.6. The third-order valence-electron chi connectivity index (χ3n) is 6.30. The van der Waals surface area contributed by atoms with Crippen LogP contribution in [0.2, 0.25) is 0 Å². The molecule has 0 aromatic carbocycles. The topological polar surface area (TPSA) is 3.88 Å². The molecule has 1 nitrogen and oxygen atoms in total. The number of nitrogens with zero attached hydrogens (tertiary/aromatic N) is 1. The van der Waals surface area contributed by atoms with E-state index < -0.39 is 0 Å². The fourth-order valence-corrected chi connectivity index (χ4v) is 4.23. The van der Waals surface area contributed by atoms with Gasteiger partial charge >= 0.3 is 0 Å². The summed E-state index contributed by atoms with van der Waals surface area (Å²) >= 11 is 0. The van der Waals surface area contributed by atoms with E-state index in [1.807, 2.05) is 0 Å². The molecule has 0 bridgehead atoms. The van der Waals surface area contributed by atoms with Gasteiger partial charge in [-0.15, -0.1) is 0 Å². The lowest BCUT2D eigenvalue weighted by Gasteiger charge is -2.03. The lowest BCUT2D eigenvalue weighted by atomic mass is 10.0. The largest absolute Gasteiger partial charge is 0.205 e. The number of pyridine rings is 1. The number of aryl methyl sites for hydroxylation is 2. The quantitative estimate of drug-likeness (QED) is 0.143. The number of aromatic nitrogens is 1. The molecule has 29 heavy (non-hydrogen) atoms. The minimum absolute atomic E-state index is 1.19. The Morgan fingerprint density at radius 2 is 0.862 bits per heavy atom. The molecule has 0 fully saturated rings. The zero-order valence-corrected chi connectivity index (χ0v) is 20.1. The van der Waals surface area contributed by atoms with Crippen LogP contribution in [-0.4, -0.2) is 0 Å². The van der Waals surface area contributed by atoms with E-state index in [0.29, 0.717) is 0 Å². The molecule has 1 heterocycles. The van der Waals surface area contributed by atoms with Crippen LogP contribution < -0.4 is 4.57 Å². The number of rotatable bonds is 21. The average Bonchev–Trinajstić information content (AvgIpc) is 2.75. The highest BCUT2D eigenvalue weighted by molar-refractivity contribution is 5.07. The zero-order valence-electron chi connectivity index (χ0n) is 20.1. The normalized spacial score (nSPS) is 11.2. The van der Waals surface area contributed by atoms with Crippen molar-refractivity contribution < 1.29 is 4.57 Å². The summed E-state index contributed by atoms with van der Waals surface area (Å²) in [5.41, 5.74) is 1.52. The van der Waals surface area contributed by atoms with Gasteiger partial charge in [-0.1, -0.05) is 117 Å². The Morgan fingerprint density at radius 1 is 0.483 bits per heavy atom. The maximum atomic E-state index is 2.38. The van der Waals surface area contributed by atoms with Crippen molar-refractivity contribution >= 4 is 0 Å². The first kappa shape index (κ1) is 26.2. The lowest BCUT2D eigenvalue weighted by Crippen LogP contribution is -2.32. The second-order valence-electron chi connectivity index (χ2n) is 9.20. The fourth-order valence-electron chi connectivity index (χ4n) is 4.23. The number of hydrogen-bond acceptors (Lipinski definition) is 0. The number of unbranched alkanes of at least 4 members (excludes halogenated alkanes) is 17. The van der Waals surface area contributed by atoms with E-state index in [2.05, 4.69) is 42.9 Å². The second kappa shape index (κ2) is 20.4. The highest BCUT2D eigenvalue weighted by Crippen LogP contribution is 2.12. The summed E-state index contributed by atoms with van der Waals surface area (Å²) in [5.74, 6) is 0. The second-order valence-corrected chi connectivity index (χ2v) is 9.20. The Kier molecular flexibility index (Phi) is 18.4. The Morgan fingerprint density at radius 3 is 1.31 bits per heavy atom. The van der Waals surface area contributed by atoms with Crippen LogP contribution in [0, 0.1) is 0 Å². The van der Waals surface area contributed by atoms with Gasteiger partial charge in [0.2, 0.25) is 0 Å². The van der Waals surface area contributed by atoms with Crippen LogP contribution in [-0.2, 0) is 13.0 Å². The lowest BCUT2D eigenvalue weighted by molar-refractivity contribution is -0.697. The molecule has 0 saturated heterocycles. The molecule has 0 amide bonds. The van der Waals surface area contributed by atoms with Gasteiger partial charge in [0, 0.05) is 18.6 Å². The Bertz CT molecular complexity index is 436. The molecule has 0 aliphatic rings. The standard InChI is InChI=1S/C28H52N/c1-3-5-7-9-11-13-14-16-18-20-22-28-23-26-29(27-24-28)25-21-19-17-15-12-10-8-6-4-2/h23-24,26-27H,3-22,25H2,1-2H3/q+1. The van der Waals surface area contributed by atoms with Crippen molar-refractivity contribution in [1.82, 2.24) is 0 Å². The van der Waals surface area contributed by atoms with E-state index in [-0.39, 0.29) is 0 Å². The molecule has 0 spiro atoms. The monoisotopic (exact) mass is 402 g/mol. The van der Waals surface area contributed by atoms with E-state index in [1.54, 1.807) is 0 Å². The summed E-state index contributed by atoms with van der Waals surface area (Å²) < 4.78 is 2.38. The molecule has 0 radical (unpaired) electrons. The van der Waals surface area contributed by atoms with Crippen molar-refractivity contribution in [2.24, 2.45) is 0 Å². The summed E-state index contributed by atoms with van der Waals surface area (Å²) in [6.07, 6.45) is 32.8. The fraction of sp³-hybridized carbons (Fsp3) is 0.821. The average molecular weight is 403 g/mol. The van der Waals surface area contributed by atoms with Crippen molar-refractivity contribution in [3.8, 4) is 0 Å². The molecule has 1 aromatic heterocycles. The van der Waals surface area contributed by atoms with E-state index >= 15 is 0 Å². The van der Waals surface area contributed by atoms with Gasteiger partial charge in [0.15, 0.2) is 12.4 Å². The van der Waals surface area contributed by atoms with Crippen LogP contribution >= 0.6 is 0 Å². The van der Waals surface area contributed by atoms with Gasteiger partial charge in [-0.05, 0) is 24.8 Å². The summed E-state index contributed by atoms with van der Waals surface area (Å²) in [5, 5.41) is 0. The van der Waals surface area contributed by atoms with Crippen LogP contribution in [0.5, 0.6) is 0 Å². The van der Waals surface area contributed by atoms with Gasteiger partial charge < -0.3 is 0 Å². The van der Waals surface area contributed by atoms with E-state index in [4.69, 9.17) is 0 Å². The highest BCUT2D eigenvalue weighted by atomic mass is 14.9. The van der Waals surface area contributed by atoms with Crippen LogP contribution in [0.25, 0.3) is 0 Å². The molecular formula is C28H52N+. The van der Waals surface area contributed by atoms with Crippen LogP contribution in [0.4, 0.5) is 0 Å². The smallest absolute Gasteiger partial charge is 0.169 e. The summed E-state index contributed by atoms with van der Waals surface area (Å²) in [4.78, 5) is 0. The molecular weight excluding hydrogens is 350 g/mol. The van der Waals surface area contributed by atoms with Crippen LogP contribution in [0.15, 0.2) is 24.5 Å². The summed E-state index contributed by atoms with van der Waals surface area (Å²) in [6.45, 7) is 5.78. The van der Waals surface area contributed by atoms with Gasteiger partial charge in [0.25, 0.3) is 0 Å². The molecule has 1 aromatic rings. The molecule has 0 aliphatic heterocycles. The Balaban J connectivity index is 1.93. The minimum Gasteiger partial charge on any atom is -0.205 e. The molecule has 0 unspecified atom stereocenters. The Hall–Kier alpha value is -0.850. The van der Waals surface area contributed by atoms with Crippen molar-refractivity contribution in [1.29, 1.82) is 0 Å². The van der Waals surface area contributed by atoms with Gasteiger partial charge in [-0.25, -0.2) is 4.57 Å². The third-order valence-corrected chi connectivity index (χ3v) is 6.30. The van der Waals surface area contributed by atoms with Crippen LogP contribution in [0.1, 0.15) is 141 Å². The molecule has 168 valence electrons. The van der Waals surface area contributed by atoms with Gasteiger partial charge in [0.05, 0.1) is 0 Å². The Labute approximate surface area is 183 Å². The van der Waals surface area contributed by atoms with E-state index in [1.165, 1.54) is 141 Å². The van der Waals surface area contributed by atoms with E-state index in [0.717, 1.165) is 0 Å². The molecule has 1 rings (SSSR count). The molecule has 0 saturated carbocycles. The van der Waals surface area contributed by atoms with Gasteiger partial charge in [0.1, 0.15) is 6.54 Å². The van der Waals surface area contributed by atoms with Crippen molar-refractivity contribution in [2.45, 2.75) is 149 Å². The SMILES string of the molecule is CCCCCCCCCCCCc1cc[n+](CCCCCCCCCCC)cc1. The van der Waals surface area contributed by atoms with Crippen LogP contribution in [0.3, 0.4) is 0 Å². The predicted octanol–water partition coefficient (Wildman–Crippen LogP) is 8.97. The number of hydrogen-bond donors (Lipinski definition) is 0. The molecule has 1 heteroatoms. The van der Waals surface area contributed by atoms with Gasteiger partial charge in [-0.2, -0.15) is 0 Å². The first-order chi connectivity index (χ1) is 14.4. The highest BCUT2D eigenvalue weighted by Gasteiger charge is 2.02. The summed E-state index contributed by atoms with van der Waals surface area (Å²) in [6, 6.07) is 4.70. The first-order valence-electron chi connectivity index (χ1n) is 13.3. The molecule has 0 N–H and O–H groups in total. The first-order valence-corrected chi connectivity index (χ1v) is 13.3. The molecule has 0 atom stereocenters. The van der Waals surface area contributed by atoms with Crippen molar-refractivity contribution in [3.63, 3.8) is 0 Å². The maximum absolute atomic E-state index is 2.38. The molecule has 0 aliphatic carbocycles. The maximum Gasteiger partial charge on any atom is 0.169 e. The predicted molar refractivity (Wildman–Crippen MR) is 129 cm³/mol. The van der Waals surface area contributed by atoms with Crippen molar-refractivity contribution in [3.05, 3.63) is 30.1 Å². The zero-order chi connectivity index (χ0) is 20.8.